The van der Waals surface area contributed by atoms with Crippen molar-refractivity contribution in [1.82, 2.24) is 4.90 Å². The summed E-state index contributed by atoms with van der Waals surface area (Å²) >= 11 is 0. The van der Waals surface area contributed by atoms with Crippen molar-refractivity contribution in [1.29, 1.82) is 5.26 Å². The molecule has 3 rings (SSSR count). The number of benzene rings is 2. The summed E-state index contributed by atoms with van der Waals surface area (Å²) in [7, 11) is 1.36. The smallest absolute Gasteiger partial charge is 0.405 e. The molecule has 1 aliphatic rings. The summed E-state index contributed by atoms with van der Waals surface area (Å²) in [5, 5.41) is 22.7. The van der Waals surface area contributed by atoms with Crippen molar-refractivity contribution < 1.29 is 32.6 Å². The van der Waals surface area contributed by atoms with Gasteiger partial charge in [0, 0.05) is 17.5 Å². The highest BCUT2D eigenvalue weighted by Gasteiger charge is 2.35. The summed E-state index contributed by atoms with van der Waals surface area (Å²) in [6.45, 7) is 1.37. The van der Waals surface area contributed by atoms with Crippen molar-refractivity contribution in [3.63, 3.8) is 0 Å². The van der Waals surface area contributed by atoms with Gasteiger partial charge in [-0.3, -0.25) is 4.79 Å². The monoisotopic (exact) mass is 447 g/mol. The number of nitriles is 1. The molecule has 1 N–H and O–H groups in total. The van der Waals surface area contributed by atoms with Crippen LogP contribution in [-0.2, 0) is 4.84 Å². The van der Waals surface area contributed by atoms with Crippen LogP contribution in [0.25, 0.3) is 11.1 Å². The Morgan fingerprint density at radius 1 is 1.31 bits per heavy atom. The van der Waals surface area contributed by atoms with Crippen LogP contribution in [0.2, 0.25) is 0 Å². The van der Waals surface area contributed by atoms with E-state index in [0.717, 1.165) is 6.07 Å². The molecule has 1 heterocycles. The maximum Gasteiger partial charge on any atom is 0.573 e. The average Bonchev–Trinajstić information content (AvgIpc) is 3.16. The summed E-state index contributed by atoms with van der Waals surface area (Å²) in [5.41, 5.74) is 1.77. The quantitative estimate of drug-likeness (QED) is 0.707. The zero-order chi connectivity index (χ0) is 23.5. The standard InChI is InChI=1S/C22H20F3N3O4/c1-13-15(10-26)4-3-5-18(13)19-7-6-14(8-20(19)32-22(23,24)25)21(30)28-11-16(27-31-2)9-17(28)12-29/h3-8,17,29H,9,11-12H2,1-2H3/b27-16-. The molecule has 1 unspecified atom stereocenters. The maximum absolute atomic E-state index is 13.1. The fourth-order valence-corrected chi connectivity index (χ4v) is 3.67. The molecule has 10 heteroatoms. The lowest BCUT2D eigenvalue weighted by atomic mass is 9.95. The number of amides is 1. The summed E-state index contributed by atoms with van der Waals surface area (Å²) in [6.07, 6.45) is -4.70. The molecule has 2 aromatic carbocycles. The molecule has 168 valence electrons. The number of alkyl halides is 3. The summed E-state index contributed by atoms with van der Waals surface area (Å²) in [4.78, 5) is 19.1. The second kappa shape index (κ2) is 9.28. The highest BCUT2D eigenvalue weighted by Crippen LogP contribution is 2.37. The molecular weight excluding hydrogens is 427 g/mol. The summed E-state index contributed by atoms with van der Waals surface area (Å²) in [6, 6.07) is 9.88. The average molecular weight is 447 g/mol. The molecule has 0 aliphatic carbocycles. The van der Waals surface area contributed by atoms with Crippen molar-refractivity contribution in [2.45, 2.75) is 25.7 Å². The lowest BCUT2D eigenvalue weighted by Crippen LogP contribution is -2.37. The van der Waals surface area contributed by atoms with E-state index in [9.17, 15) is 28.3 Å². The minimum atomic E-state index is -4.99. The molecule has 1 amide bonds. The number of carbonyl (C=O) groups is 1. The molecule has 0 bridgehead atoms. The normalized spacial score (nSPS) is 17.3. The molecule has 32 heavy (non-hydrogen) atoms. The van der Waals surface area contributed by atoms with Gasteiger partial charge < -0.3 is 19.6 Å². The van der Waals surface area contributed by atoms with Crippen molar-refractivity contribution in [2.75, 3.05) is 20.3 Å². The Morgan fingerprint density at radius 3 is 2.69 bits per heavy atom. The van der Waals surface area contributed by atoms with Gasteiger partial charge >= 0.3 is 6.36 Å². The predicted octanol–water partition coefficient (Wildman–Crippen LogP) is 3.64. The van der Waals surface area contributed by atoms with Crippen LogP contribution in [0.3, 0.4) is 0 Å². The highest BCUT2D eigenvalue weighted by molar-refractivity contribution is 6.01. The number of halogens is 3. The third-order valence-electron chi connectivity index (χ3n) is 5.16. The summed E-state index contributed by atoms with van der Waals surface area (Å²) < 4.78 is 43.6. The number of carbonyl (C=O) groups excluding carboxylic acids is 1. The van der Waals surface area contributed by atoms with Gasteiger partial charge in [0.1, 0.15) is 12.9 Å². The Kier molecular flexibility index (Phi) is 6.69. The number of nitrogens with zero attached hydrogens (tertiary/aromatic N) is 3. The number of hydrogen-bond donors (Lipinski definition) is 1. The van der Waals surface area contributed by atoms with Crippen LogP contribution < -0.4 is 4.74 Å². The molecule has 2 aromatic rings. The van der Waals surface area contributed by atoms with Gasteiger partial charge in [0.2, 0.25) is 0 Å². The van der Waals surface area contributed by atoms with E-state index in [0.29, 0.717) is 28.8 Å². The third-order valence-corrected chi connectivity index (χ3v) is 5.16. The van der Waals surface area contributed by atoms with E-state index < -0.39 is 24.1 Å². The van der Waals surface area contributed by atoms with E-state index in [-0.39, 0.29) is 24.3 Å². The fraction of sp³-hybridized carbons (Fsp3) is 0.318. The van der Waals surface area contributed by atoms with E-state index in [2.05, 4.69) is 9.89 Å². The lowest BCUT2D eigenvalue weighted by Gasteiger charge is -2.23. The van der Waals surface area contributed by atoms with Gasteiger partial charge in [-0.05, 0) is 42.3 Å². The van der Waals surface area contributed by atoms with Gasteiger partial charge in [-0.25, -0.2) is 0 Å². The molecule has 1 fully saturated rings. The number of aliphatic hydroxyl groups excluding tert-OH is 1. The molecule has 0 spiro atoms. The number of ether oxygens (including phenoxy) is 1. The Hall–Kier alpha value is -3.58. The zero-order valence-corrected chi connectivity index (χ0v) is 17.3. The fourth-order valence-electron chi connectivity index (χ4n) is 3.67. The van der Waals surface area contributed by atoms with Crippen molar-refractivity contribution in [2.24, 2.45) is 5.16 Å². The van der Waals surface area contributed by atoms with Crippen LogP contribution in [0.4, 0.5) is 13.2 Å². The predicted molar refractivity (Wildman–Crippen MR) is 109 cm³/mol. The molecule has 0 aromatic heterocycles. The minimum absolute atomic E-state index is 0.0424. The van der Waals surface area contributed by atoms with Gasteiger partial charge in [-0.15, -0.1) is 13.2 Å². The maximum atomic E-state index is 13.1. The number of hydrogen-bond acceptors (Lipinski definition) is 6. The van der Waals surface area contributed by atoms with E-state index in [4.69, 9.17) is 4.84 Å². The molecule has 0 saturated carbocycles. The van der Waals surface area contributed by atoms with Crippen LogP contribution in [0, 0.1) is 18.3 Å². The Bertz CT molecular complexity index is 1090. The molecule has 1 aliphatic heterocycles. The van der Waals surface area contributed by atoms with Crippen LogP contribution in [-0.4, -0.2) is 54.3 Å². The Labute approximate surface area is 182 Å². The molecule has 7 nitrogen and oxygen atoms in total. The van der Waals surface area contributed by atoms with Gasteiger partial charge in [0.15, 0.2) is 0 Å². The van der Waals surface area contributed by atoms with Crippen molar-refractivity contribution >= 4 is 11.6 Å². The second-order valence-corrected chi connectivity index (χ2v) is 7.16. The van der Waals surface area contributed by atoms with Crippen LogP contribution in [0.5, 0.6) is 5.75 Å². The van der Waals surface area contributed by atoms with E-state index in [1.807, 2.05) is 6.07 Å². The molecule has 0 radical (unpaired) electrons. The minimum Gasteiger partial charge on any atom is -0.405 e. The lowest BCUT2D eigenvalue weighted by molar-refractivity contribution is -0.274. The second-order valence-electron chi connectivity index (χ2n) is 7.16. The number of rotatable bonds is 5. The largest absolute Gasteiger partial charge is 0.573 e. The Morgan fingerprint density at radius 2 is 2.06 bits per heavy atom. The van der Waals surface area contributed by atoms with Gasteiger partial charge in [0.05, 0.1) is 36.5 Å². The first-order valence-electron chi connectivity index (χ1n) is 9.59. The van der Waals surface area contributed by atoms with Crippen LogP contribution in [0.1, 0.15) is 27.9 Å². The van der Waals surface area contributed by atoms with Gasteiger partial charge in [0.25, 0.3) is 5.91 Å². The van der Waals surface area contributed by atoms with Crippen LogP contribution in [0.15, 0.2) is 41.6 Å². The third kappa shape index (κ3) is 4.84. The number of aliphatic hydroxyl groups is 1. The first-order chi connectivity index (χ1) is 15.2. The number of oxime groups is 1. The molecule has 1 saturated heterocycles. The van der Waals surface area contributed by atoms with Crippen molar-refractivity contribution in [3.05, 3.63) is 53.1 Å². The topological polar surface area (TPSA) is 95.2 Å². The van der Waals surface area contributed by atoms with Gasteiger partial charge in [-0.1, -0.05) is 17.3 Å². The van der Waals surface area contributed by atoms with E-state index >= 15 is 0 Å². The molecule has 1 atom stereocenters. The zero-order valence-electron chi connectivity index (χ0n) is 17.3. The first kappa shape index (κ1) is 23.1. The molecular formula is C22H20F3N3O4. The SMILES string of the molecule is CO/N=C1/CC(CO)N(C(=O)c2ccc(-c3cccc(C#N)c3C)c(OC(F)(F)F)c2)C1. The Balaban J connectivity index is 2.05. The number of likely N-dealkylation sites (tertiary alicyclic amines) is 1. The summed E-state index contributed by atoms with van der Waals surface area (Å²) in [5.74, 6) is -1.14. The van der Waals surface area contributed by atoms with Gasteiger partial charge in [-0.2, -0.15) is 5.26 Å². The van der Waals surface area contributed by atoms with Crippen LogP contribution >= 0.6 is 0 Å². The highest BCUT2D eigenvalue weighted by atomic mass is 19.4. The first-order valence-corrected chi connectivity index (χ1v) is 9.59. The van der Waals surface area contributed by atoms with E-state index in [1.54, 1.807) is 25.1 Å². The van der Waals surface area contributed by atoms with E-state index in [1.165, 1.54) is 24.1 Å². The van der Waals surface area contributed by atoms with Crippen molar-refractivity contribution in [3.8, 4) is 22.9 Å².